The quantitative estimate of drug-likeness (QED) is 0.582. The maximum Gasteiger partial charge on any atom is 0.490 e. The molecule has 0 radical (unpaired) electrons. The van der Waals surface area contributed by atoms with Crippen LogP contribution in [-0.4, -0.2) is 46.8 Å². The lowest BCUT2D eigenvalue weighted by molar-refractivity contribution is -0.192. The van der Waals surface area contributed by atoms with Crippen molar-refractivity contribution in [2.24, 2.45) is 5.41 Å². The van der Waals surface area contributed by atoms with Crippen LogP contribution in [0.15, 0.2) is 30.3 Å². The molecule has 9 heteroatoms. The van der Waals surface area contributed by atoms with E-state index in [-0.39, 0.29) is 11.0 Å². The first-order valence-electron chi connectivity index (χ1n) is 11.3. The van der Waals surface area contributed by atoms with Crippen molar-refractivity contribution < 1.29 is 27.8 Å². The maximum atomic E-state index is 10.6. The maximum absolute atomic E-state index is 10.6. The van der Waals surface area contributed by atoms with Crippen LogP contribution in [0.2, 0.25) is 0 Å². The minimum atomic E-state index is -5.08. The van der Waals surface area contributed by atoms with E-state index in [0.717, 1.165) is 32.7 Å². The standard InChI is InChI=1S/C23H32N2OS.C2HF3O2/c1-21(2)13-18-20(22(3,4)15-21)27-19(24-18)14-25-11-12-26-23(5,16-25)17-9-7-6-8-10-17;3-2(4,5)1(6)7/h6-10H,11-16H2,1-5H3;(H,6,7). The van der Waals surface area contributed by atoms with E-state index in [2.05, 4.69) is 69.9 Å². The van der Waals surface area contributed by atoms with Crippen molar-refractivity contribution in [3.05, 3.63) is 51.5 Å². The Bertz CT molecular complexity index is 1000. The molecule has 1 aliphatic carbocycles. The van der Waals surface area contributed by atoms with Crippen LogP contribution in [0.4, 0.5) is 13.2 Å². The molecule has 4 rings (SSSR count). The number of ether oxygens (including phenoxy) is 1. The highest BCUT2D eigenvalue weighted by atomic mass is 32.1. The molecule has 188 valence electrons. The van der Waals surface area contributed by atoms with Crippen molar-refractivity contribution in [2.45, 2.75) is 71.2 Å². The van der Waals surface area contributed by atoms with Crippen molar-refractivity contribution in [1.29, 1.82) is 0 Å². The number of hydrogen-bond donors (Lipinski definition) is 1. The van der Waals surface area contributed by atoms with Crippen LogP contribution in [0.3, 0.4) is 0 Å². The molecule has 0 saturated carbocycles. The zero-order chi connectivity index (χ0) is 25.4. The minimum absolute atomic E-state index is 0.233. The average Bonchev–Trinajstić information content (AvgIpc) is 3.10. The number of carboxylic acids is 1. The van der Waals surface area contributed by atoms with E-state index in [1.54, 1.807) is 0 Å². The molecule has 0 bridgehead atoms. The number of hydrogen-bond acceptors (Lipinski definition) is 5. The van der Waals surface area contributed by atoms with Gasteiger partial charge in [-0.25, -0.2) is 9.78 Å². The smallest absolute Gasteiger partial charge is 0.475 e. The summed E-state index contributed by atoms with van der Waals surface area (Å²) in [6, 6.07) is 10.6. The molecule has 1 aliphatic heterocycles. The van der Waals surface area contributed by atoms with Crippen molar-refractivity contribution in [3.8, 4) is 0 Å². The van der Waals surface area contributed by atoms with Gasteiger partial charge in [0.2, 0.25) is 0 Å². The molecular formula is C25H33F3N2O3S. The Balaban J connectivity index is 0.000000406. The molecule has 1 aromatic heterocycles. The van der Waals surface area contributed by atoms with Crippen molar-refractivity contribution in [3.63, 3.8) is 0 Å². The highest BCUT2D eigenvalue weighted by molar-refractivity contribution is 7.11. The number of carboxylic acid groups (broad SMARTS) is 1. The molecule has 1 fully saturated rings. The SMILES string of the molecule is CC1(C)Cc2nc(CN3CCOC(C)(c4ccccc4)C3)sc2C(C)(C)C1.O=C(O)C(F)(F)F. The highest BCUT2D eigenvalue weighted by Gasteiger charge is 2.41. The monoisotopic (exact) mass is 498 g/mol. The number of nitrogens with zero attached hydrogens (tertiary/aromatic N) is 2. The van der Waals surface area contributed by atoms with Gasteiger partial charge in [0.05, 0.1) is 18.8 Å². The third kappa shape index (κ3) is 6.37. The second kappa shape index (κ2) is 9.59. The molecule has 0 amide bonds. The number of fused-ring (bicyclic) bond motifs is 1. The zero-order valence-corrected chi connectivity index (χ0v) is 21.1. The molecule has 34 heavy (non-hydrogen) atoms. The van der Waals surface area contributed by atoms with Gasteiger partial charge < -0.3 is 9.84 Å². The van der Waals surface area contributed by atoms with Crippen LogP contribution < -0.4 is 0 Å². The van der Waals surface area contributed by atoms with Gasteiger partial charge in [-0.1, -0.05) is 58.0 Å². The topological polar surface area (TPSA) is 62.7 Å². The number of halogens is 3. The zero-order valence-electron chi connectivity index (χ0n) is 20.3. The summed E-state index contributed by atoms with van der Waals surface area (Å²) in [4.78, 5) is 18.0. The molecule has 1 aromatic carbocycles. The lowest BCUT2D eigenvalue weighted by Crippen LogP contribution is -2.47. The van der Waals surface area contributed by atoms with Gasteiger partial charge in [0, 0.05) is 23.4 Å². The van der Waals surface area contributed by atoms with E-state index in [4.69, 9.17) is 19.6 Å². The summed E-state index contributed by atoms with van der Waals surface area (Å²) < 4.78 is 37.9. The molecule has 5 nitrogen and oxygen atoms in total. The lowest BCUT2D eigenvalue weighted by Gasteiger charge is -2.40. The van der Waals surface area contributed by atoms with Crippen LogP contribution in [-0.2, 0) is 33.5 Å². The number of aromatic nitrogens is 1. The number of morpholine rings is 1. The number of alkyl halides is 3. The third-order valence-corrected chi connectivity index (χ3v) is 7.71. The second-order valence-electron chi connectivity index (χ2n) is 10.7. The summed E-state index contributed by atoms with van der Waals surface area (Å²) in [6.07, 6.45) is -2.74. The Labute approximate surface area is 203 Å². The second-order valence-corrected chi connectivity index (χ2v) is 11.8. The Morgan fingerprint density at radius 1 is 1.18 bits per heavy atom. The van der Waals surface area contributed by atoms with Crippen LogP contribution in [0.1, 0.15) is 62.2 Å². The normalized spacial score (nSPS) is 24.0. The molecule has 2 heterocycles. The fourth-order valence-corrected chi connectivity index (χ4v) is 6.38. The average molecular weight is 499 g/mol. The number of rotatable bonds is 3. The summed E-state index contributed by atoms with van der Waals surface area (Å²) in [5, 5.41) is 8.39. The molecule has 1 saturated heterocycles. The van der Waals surface area contributed by atoms with Gasteiger partial charge in [-0.2, -0.15) is 13.2 Å². The Morgan fingerprint density at radius 3 is 2.38 bits per heavy atom. The third-order valence-electron chi connectivity index (χ3n) is 6.26. The molecule has 1 N–H and O–H groups in total. The first kappa shape index (κ1) is 26.6. The summed E-state index contributed by atoms with van der Waals surface area (Å²) in [5.41, 5.74) is 2.94. The van der Waals surface area contributed by atoms with E-state index in [1.807, 2.05) is 11.3 Å². The van der Waals surface area contributed by atoms with E-state index >= 15 is 0 Å². The lowest BCUT2D eigenvalue weighted by atomic mass is 9.67. The van der Waals surface area contributed by atoms with E-state index in [0.29, 0.717) is 5.41 Å². The summed E-state index contributed by atoms with van der Waals surface area (Å²) in [7, 11) is 0. The van der Waals surface area contributed by atoms with Gasteiger partial charge in [-0.05, 0) is 30.7 Å². The summed E-state index contributed by atoms with van der Waals surface area (Å²) in [5.74, 6) is -2.76. The van der Waals surface area contributed by atoms with E-state index in [9.17, 15) is 13.2 Å². The number of carbonyl (C=O) groups is 1. The van der Waals surface area contributed by atoms with Crippen LogP contribution in [0.25, 0.3) is 0 Å². The molecule has 1 unspecified atom stereocenters. The van der Waals surface area contributed by atoms with Crippen LogP contribution in [0.5, 0.6) is 0 Å². The van der Waals surface area contributed by atoms with Gasteiger partial charge in [-0.15, -0.1) is 11.3 Å². The van der Waals surface area contributed by atoms with Crippen molar-refractivity contribution in [2.75, 3.05) is 19.7 Å². The van der Waals surface area contributed by atoms with Crippen LogP contribution in [0, 0.1) is 5.41 Å². The molecule has 2 aromatic rings. The van der Waals surface area contributed by atoms with Gasteiger partial charge >= 0.3 is 12.1 Å². The van der Waals surface area contributed by atoms with E-state index < -0.39 is 12.1 Å². The fourth-order valence-electron chi connectivity index (χ4n) is 5.15. The van der Waals surface area contributed by atoms with Gasteiger partial charge in [-0.3, -0.25) is 4.90 Å². The van der Waals surface area contributed by atoms with Crippen LogP contribution >= 0.6 is 11.3 Å². The predicted molar refractivity (Wildman–Crippen MR) is 126 cm³/mol. The predicted octanol–water partition coefficient (Wildman–Crippen LogP) is 5.77. The Kier molecular flexibility index (Phi) is 7.51. The van der Waals surface area contributed by atoms with Gasteiger partial charge in [0.1, 0.15) is 10.6 Å². The molecule has 1 atom stereocenters. The van der Waals surface area contributed by atoms with E-state index in [1.165, 1.54) is 27.6 Å². The number of aliphatic carboxylic acids is 1. The molecular weight excluding hydrogens is 465 g/mol. The Morgan fingerprint density at radius 2 is 1.79 bits per heavy atom. The highest BCUT2D eigenvalue weighted by Crippen LogP contribution is 2.47. The fraction of sp³-hybridized carbons (Fsp3) is 0.600. The molecule has 0 spiro atoms. The summed E-state index contributed by atoms with van der Waals surface area (Å²) >= 11 is 1.94. The van der Waals surface area contributed by atoms with Gasteiger partial charge in [0.25, 0.3) is 0 Å². The first-order valence-corrected chi connectivity index (χ1v) is 12.1. The van der Waals surface area contributed by atoms with Gasteiger partial charge in [0.15, 0.2) is 0 Å². The summed E-state index contributed by atoms with van der Waals surface area (Å²) in [6.45, 7) is 15.3. The van der Waals surface area contributed by atoms with Crippen molar-refractivity contribution >= 4 is 17.3 Å². The number of thiazole rings is 1. The Hall–Kier alpha value is -1.97. The number of benzene rings is 1. The largest absolute Gasteiger partial charge is 0.490 e. The van der Waals surface area contributed by atoms with Crippen molar-refractivity contribution in [1.82, 2.24) is 9.88 Å². The minimum Gasteiger partial charge on any atom is -0.475 e. The first-order chi connectivity index (χ1) is 15.6. The molecule has 2 aliphatic rings.